The van der Waals surface area contributed by atoms with E-state index >= 15 is 0 Å². The lowest BCUT2D eigenvalue weighted by molar-refractivity contribution is 0.414. The summed E-state index contributed by atoms with van der Waals surface area (Å²) in [6.45, 7) is 0. The van der Waals surface area contributed by atoms with Crippen LogP contribution in [0.1, 0.15) is 0 Å². The topological polar surface area (TPSA) is 27.7 Å². The van der Waals surface area contributed by atoms with Gasteiger partial charge in [-0.2, -0.15) is 0 Å². The predicted octanol–water partition coefficient (Wildman–Crippen LogP) is 9.51. The molecule has 40 heavy (non-hydrogen) atoms. The van der Waals surface area contributed by atoms with Gasteiger partial charge in [-0.15, -0.1) is 0 Å². The van der Waals surface area contributed by atoms with Crippen LogP contribution in [0.5, 0.6) is 17.2 Å². The molecule has 3 heteroatoms. The van der Waals surface area contributed by atoms with E-state index < -0.39 is 0 Å². The smallest absolute Gasteiger partial charge is 0.118 e. The molecule has 0 fully saturated rings. The molecule has 0 heterocycles. The monoisotopic (exact) mass is 520 g/mol. The SMILES string of the molecule is COc1ccc(-c2cc(-c3ccc(OC)cc3)c3c(c2-c2ccc(OC)cc2)-c2cccc4cccc-3c24)cc1. The van der Waals surface area contributed by atoms with Gasteiger partial charge < -0.3 is 14.2 Å². The molecule has 0 unspecified atom stereocenters. The van der Waals surface area contributed by atoms with Crippen LogP contribution in [0.3, 0.4) is 0 Å². The Kier molecular flexibility index (Phi) is 5.78. The molecule has 0 amide bonds. The van der Waals surface area contributed by atoms with E-state index in [1.54, 1.807) is 21.3 Å². The molecule has 0 N–H and O–H groups in total. The highest BCUT2D eigenvalue weighted by Gasteiger charge is 2.30. The molecule has 0 radical (unpaired) electrons. The third-order valence-corrected chi connectivity index (χ3v) is 7.95. The van der Waals surface area contributed by atoms with E-state index in [0.29, 0.717) is 0 Å². The van der Waals surface area contributed by atoms with E-state index in [9.17, 15) is 0 Å². The summed E-state index contributed by atoms with van der Waals surface area (Å²) in [7, 11) is 5.11. The van der Waals surface area contributed by atoms with Crippen LogP contribution in [-0.2, 0) is 0 Å². The zero-order chi connectivity index (χ0) is 27.2. The second-order valence-electron chi connectivity index (χ2n) is 9.99. The van der Waals surface area contributed by atoms with Gasteiger partial charge in [0.05, 0.1) is 21.3 Å². The van der Waals surface area contributed by atoms with Gasteiger partial charge in [0, 0.05) is 0 Å². The highest BCUT2D eigenvalue weighted by atomic mass is 16.5. The number of ether oxygens (including phenoxy) is 3. The predicted molar refractivity (Wildman–Crippen MR) is 164 cm³/mol. The molecular formula is C37H28O3. The number of hydrogen-bond donors (Lipinski definition) is 0. The fourth-order valence-corrected chi connectivity index (χ4v) is 6.04. The fraction of sp³-hybridized carbons (Fsp3) is 0.0811. The van der Waals surface area contributed by atoms with Crippen LogP contribution in [0.2, 0.25) is 0 Å². The normalized spacial score (nSPS) is 11.4. The summed E-state index contributed by atoms with van der Waals surface area (Å²) in [6.07, 6.45) is 0. The van der Waals surface area contributed by atoms with Crippen LogP contribution in [-0.4, -0.2) is 21.3 Å². The molecule has 6 aromatic carbocycles. The molecule has 3 nitrogen and oxygen atoms in total. The molecule has 7 rings (SSSR count). The third kappa shape index (κ3) is 3.74. The summed E-state index contributed by atoms with van der Waals surface area (Å²) in [5, 5.41) is 2.55. The molecule has 1 aliphatic rings. The van der Waals surface area contributed by atoms with E-state index in [1.165, 1.54) is 49.7 Å². The van der Waals surface area contributed by atoms with Gasteiger partial charge in [-0.3, -0.25) is 0 Å². The molecule has 1 aliphatic carbocycles. The minimum atomic E-state index is 0.837. The Morgan fingerprint density at radius 3 is 1.27 bits per heavy atom. The van der Waals surface area contributed by atoms with Crippen molar-refractivity contribution >= 4 is 10.8 Å². The Morgan fingerprint density at radius 1 is 0.375 bits per heavy atom. The molecule has 0 atom stereocenters. The lowest BCUT2D eigenvalue weighted by atomic mass is 9.82. The summed E-state index contributed by atoms with van der Waals surface area (Å²) in [4.78, 5) is 0. The first kappa shape index (κ1) is 24.1. The van der Waals surface area contributed by atoms with Gasteiger partial charge >= 0.3 is 0 Å². The number of methoxy groups -OCH3 is 3. The van der Waals surface area contributed by atoms with Gasteiger partial charge in [0.1, 0.15) is 17.2 Å². The van der Waals surface area contributed by atoms with Crippen LogP contribution in [0.15, 0.2) is 115 Å². The van der Waals surface area contributed by atoms with Gasteiger partial charge in [0.2, 0.25) is 0 Å². The quantitative estimate of drug-likeness (QED) is 0.218. The number of hydrogen-bond acceptors (Lipinski definition) is 3. The summed E-state index contributed by atoms with van der Waals surface area (Å²) in [5.74, 6) is 2.52. The molecule has 194 valence electrons. The highest BCUT2D eigenvalue weighted by Crippen LogP contribution is 2.57. The molecule has 0 spiro atoms. The maximum atomic E-state index is 5.51. The fourth-order valence-electron chi connectivity index (χ4n) is 6.04. The number of fused-ring (bicyclic) bond motifs is 3. The molecule has 0 bridgehead atoms. The Bertz CT molecular complexity index is 1860. The molecule has 0 aromatic heterocycles. The largest absolute Gasteiger partial charge is 0.497 e. The van der Waals surface area contributed by atoms with Crippen LogP contribution in [0, 0.1) is 0 Å². The van der Waals surface area contributed by atoms with Crippen molar-refractivity contribution in [3.8, 4) is 72.9 Å². The van der Waals surface area contributed by atoms with E-state index in [0.717, 1.165) is 33.9 Å². The molecule has 6 aromatic rings. The zero-order valence-electron chi connectivity index (χ0n) is 22.7. The second-order valence-corrected chi connectivity index (χ2v) is 9.99. The lowest BCUT2D eigenvalue weighted by Gasteiger charge is -2.21. The Balaban J connectivity index is 1.62. The summed E-state index contributed by atoms with van der Waals surface area (Å²) in [6, 6.07) is 40.8. The van der Waals surface area contributed by atoms with Crippen molar-refractivity contribution in [1.29, 1.82) is 0 Å². The van der Waals surface area contributed by atoms with E-state index in [-0.39, 0.29) is 0 Å². The van der Waals surface area contributed by atoms with Gasteiger partial charge in [0.15, 0.2) is 0 Å². The van der Waals surface area contributed by atoms with Crippen molar-refractivity contribution in [3.63, 3.8) is 0 Å². The molecular weight excluding hydrogens is 492 g/mol. The van der Waals surface area contributed by atoms with Crippen molar-refractivity contribution in [2.24, 2.45) is 0 Å². The van der Waals surface area contributed by atoms with Gasteiger partial charge in [0.25, 0.3) is 0 Å². The maximum absolute atomic E-state index is 5.51. The van der Waals surface area contributed by atoms with Crippen LogP contribution < -0.4 is 14.2 Å². The Labute approximate surface area is 234 Å². The average Bonchev–Trinajstić information content (AvgIpc) is 3.36. The van der Waals surface area contributed by atoms with Gasteiger partial charge in [-0.05, 0) is 109 Å². The van der Waals surface area contributed by atoms with Crippen molar-refractivity contribution < 1.29 is 14.2 Å². The second kappa shape index (κ2) is 9.62. The first-order valence-electron chi connectivity index (χ1n) is 13.4. The summed E-state index contributed by atoms with van der Waals surface area (Å²) in [5.41, 5.74) is 12.1. The number of benzene rings is 6. The minimum absolute atomic E-state index is 0.837. The Hall–Kier alpha value is -5.02. The summed E-state index contributed by atoms with van der Waals surface area (Å²) < 4.78 is 16.5. The van der Waals surface area contributed by atoms with E-state index in [4.69, 9.17) is 14.2 Å². The summed E-state index contributed by atoms with van der Waals surface area (Å²) >= 11 is 0. The first-order valence-corrected chi connectivity index (χ1v) is 13.4. The van der Waals surface area contributed by atoms with E-state index in [1.807, 2.05) is 36.4 Å². The highest BCUT2D eigenvalue weighted by molar-refractivity contribution is 6.22. The van der Waals surface area contributed by atoms with Crippen LogP contribution in [0.25, 0.3) is 66.4 Å². The number of rotatable bonds is 6. The lowest BCUT2D eigenvalue weighted by Crippen LogP contribution is -1.95. The minimum Gasteiger partial charge on any atom is -0.497 e. The third-order valence-electron chi connectivity index (χ3n) is 7.95. The van der Waals surface area contributed by atoms with Crippen LogP contribution >= 0.6 is 0 Å². The van der Waals surface area contributed by atoms with Crippen molar-refractivity contribution in [2.75, 3.05) is 21.3 Å². The van der Waals surface area contributed by atoms with Crippen molar-refractivity contribution in [3.05, 3.63) is 115 Å². The van der Waals surface area contributed by atoms with E-state index in [2.05, 4.69) is 78.9 Å². The molecule has 0 aliphatic heterocycles. The molecule has 0 saturated carbocycles. The Morgan fingerprint density at radius 2 is 0.800 bits per heavy atom. The van der Waals surface area contributed by atoms with Crippen molar-refractivity contribution in [2.45, 2.75) is 0 Å². The average molecular weight is 521 g/mol. The van der Waals surface area contributed by atoms with Crippen LogP contribution in [0.4, 0.5) is 0 Å². The molecule has 0 saturated heterocycles. The van der Waals surface area contributed by atoms with Gasteiger partial charge in [-0.1, -0.05) is 72.8 Å². The standard InChI is InChI=1S/C37H28O3/c1-38-27-16-10-23(11-17-27)32-22-33(24-12-18-28(39-2)19-13-24)36-30-8-4-6-25-7-5-9-31(34(25)30)37(36)35(32)26-14-20-29(40-3)21-15-26/h4-22H,1-3H3. The first-order chi connectivity index (χ1) is 19.7. The van der Waals surface area contributed by atoms with Crippen molar-refractivity contribution in [1.82, 2.24) is 0 Å². The maximum Gasteiger partial charge on any atom is 0.118 e. The van der Waals surface area contributed by atoms with Gasteiger partial charge in [-0.25, -0.2) is 0 Å². The zero-order valence-corrected chi connectivity index (χ0v) is 22.7.